The second-order valence-electron chi connectivity index (χ2n) is 6.42. The number of nitrogens with zero attached hydrogens (tertiary/aromatic N) is 1. The number of sulfonamides is 1. The molecule has 2 amide bonds. The van der Waals surface area contributed by atoms with Crippen molar-refractivity contribution < 1.29 is 22.7 Å². The number of hydrogen-bond donors (Lipinski definition) is 2. The van der Waals surface area contributed by atoms with Crippen LogP contribution in [0, 0.1) is 0 Å². The molecular weight excluding hydrogens is 453 g/mol. The molecule has 160 valence electrons. The number of amides is 2. The lowest BCUT2D eigenvalue weighted by molar-refractivity contribution is -0.121. The molecule has 2 aromatic carbocycles. The maximum atomic E-state index is 12.7. The quantitative estimate of drug-likeness (QED) is 0.648. The van der Waals surface area contributed by atoms with Gasteiger partial charge in [-0.25, -0.2) is 8.42 Å². The van der Waals surface area contributed by atoms with Crippen LogP contribution in [-0.4, -0.2) is 50.8 Å². The van der Waals surface area contributed by atoms with Crippen LogP contribution in [0.5, 0.6) is 0 Å². The SMILES string of the molecule is O=C(Cc1c(Cl)cccc1Cl)NNC(=O)c1cccc(S(=O)(=O)N2CCOCC2)c1. The minimum absolute atomic E-state index is 0.00812. The van der Waals surface area contributed by atoms with Crippen molar-refractivity contribution in [2.45, 2.75) is 11.3 Å². The molecule has 11 heteroatoms. The molecule has 2 aromatic rings. The highest BCUT2D eigenvalue weighted by atomic mass is 35.5. The van der Waals surface area contributed by atoms with Gasteiger partial charge in [-0.15, -0.1) is 0 Å². The largest absolute Gasteiger partial charge is 0.379 e. The highest BCUT2D eigenvalue weighted by Gasteiger charge is 2.27. The van der Waals surface area contributed by atoms with E-state index in [0.717, 1.165) is 0 Å². The van der Waals surface area contributed by atoms with E-state index >= 15 is 0 Å². The van der Waals surface area contributed by atoms with Crippen LogP contribution >= 0.6 is 23.2 Å². The summed E-state index contributed by atoms with van der Waals surface area (Å²) in [6.07, 6.45) is -0.135. The van der Waals surface area contributed by atoms with Crippen LogP contribution in [0.3, 0.4) is 0 Å². The smallest absolute Gasteiger partial charge is 0.269 e. The normalized spacial score (nSPS) is 14.9. The Balaban J connectivity index is 1.64. The van der Waals surface area contributed by atoms with Crippen molar-refractivity contribution in [1.29, 1.82) is 0 Å². The standard InChI is InChI=1S/C19H19Cl2N3O5S/c20-16-5-2-6-17(21)15(16)12-18(25)22-23-19(26)13-3-1-4-14(11-13)30(27,28)24-7-9-29-10-8-24/h1-6,11H,7-10,12H2,(H,22,25)(H,23,26). The van der Waals surface area contributed by atoms with E-state index in [4.69, 9.17) is 27.9 Å². The third-order valence-electron chi connectivity index (χ3n) is 4.42. The summed E-state index contributed by atoms with van der Waals surface area (Å²) in [5.41, 5.74) is 5.06. The predicted molar refractivity (Wildman–Crippen MR) is 112 cm³/mol. The van der Waals surface area contributed by atoms with Crippen molar-refractivity contribution in [2.24, 2.45) is 0 Å². The Kier molecular flexibility index (Phi) is 7.32. The van der Waals surface area contributed by atoms with Crippen LogP contribution in [0.1, 0.15) is 15.9 Å². The molecule has 3 rings (SSSR count). The molecular formula is C19H19Cl2N3O5S. The van der Waals surface area contributed by atoms with Crippen molar-refractivity contribution >= 4 is 45.0 Å². The van der Waals surface area contributed by atoms with E-state index in [-0.39, 0.29) is 30.0 Å². The minimum Gasteiger partial charge on any atom is -0.379 e. The van der Waals surface area contributed by atoms with E-state index in [0.29, 0.717) is 28.8 Å². The third kappa shape index (κ3) is 5.30. The van der Waals surface area contributed by atoms with Gasteiger partial charge in [0.2, 0.25) is 15.9 Å². The van der Waals surface area contributed by atoms with Gasteiger partial charge in [0.25, 0.3) is 5.91 Å². The van der Waals surface area contributed by atoms with Gasteiger partial charge in [-0.2, -0.15) is 4.31 Å². The first-order valence-corrected chi connectivity index (χ1v) is 11.2. The Hall–Kier alpha value is -2.17. The molecule has 0 unspecified atom stereocenters. The summed E-state index contributed by atoms with van der Waals surface area (Å²) in [4.78, 5) is 24.5. The molecule has 2 N–H and O–H groups in total. The van der Waals surface area contributed by atoms with Gasteiger partial charge in [0.1, 0.15) is 0 Å². The fourth-order valence-electron chi connectivity index (χ4n) is 2.84. The molecule has 1 saturated heterocycles. The Morgan fingerprint density at radius 1 is 1.00 bits per heavy atom. The summed E-state index contributed by atoms with van der Waals surface area (Å²) in [7, 11) is -3.74. The molecule has 0 spiro atoms. The molecule has 0 atom stereocenters. The fraction of sp³-hybridized carbons (Fsp3) is 0.263. The van der Waals surface area contributed by atoms with Crippen LogP contribution in [0.15, 0.2) is 47.4 Å². The number of ether oxygens (including phenoxy) is 1. The van der Waals surface area contributed by atoms with Gasteiger partial charge in [0.15, 0.2) is 0 Å². The molecule has 0 aliphatic carbocycles. The highest BCUT2D eigenvalue weighted by Crippen LogP contribution is 2.24. The van der Waals surface area contributed by atoms with Crippen LogP contribution in [0.25, 0.3) is 0 Å². The summed E-state index contributed by atoms with van der Waals surface area (Å²) in [6.45, 7) is 1.14. The van der Waals surface area contributed by atoms with E-state index in [1.807, 2.05) is 0 Å². The molecule has 0 saturated carbocycles. The van der Waals surface area contributed by atoms with Crippen LogP contribution < -0.4 is 10.9 Å². The summed E-state index contributed by atoms with van der Waals surface area (Å²) >= 11 is 12.1. The number of carbonyl (C=O) groups excluding carboxylic acids is 2. The first-order chi connectivity index (χ1) is 14.3. The molecule has 1 aliphatic rings. The van der Waals surface area contributed by atoms with E-state index in [2.05, 4.69) is 10.9 Å². The van der Waals surface area contributed by atoms with Gasteiger partial charge in [-0.05, 0) is 35.9 Å². The molecule has 0 radical (unpaired) electrons. The zero-order valence-electron chi connectivity index (χ0n) is 15.7. The first kappa shape index (κ1) is 22.5. The number of halogens is 2. The number of hydrazine groups is 1. The second kappa shape index (κ2) is 9.76. The third-order valence-corrected chi connectivity index (χ3v) is 7.02. The van der Waals surface area contributed by atoms with E-state index in [1.54, 1.807) is 18.2 Å². The Bertz CT molecular complexity index is 1040. The highest BCUT2D eigenvalue weighted by molar-refractivity contribution is 7.89. The van der Waals surface area contributed by atoms with Crippen LogP contribution in [0.2, 0.25) is 10.0 Å². The molecule has 8 nitrogen and oxygen atoms in total. The lowest BCUT2D eigenvalue weighted by atomic mass is 10.1. The number of nitrogens with one attached hydrogen (secondary N) is 2. The minimum atomic E-state index is -3.74. The van der Waals surface area contributed by atoms with Gasteiger partial charge in [-0.1, -0.05) is 35.3 Å². The van der Waals surface area contributed by atoms with Crippen molar-refractivity contribution in [2.75, 3.05) is 26.3 Å². The average molecular weight is 472 g/mol. The van der Waals surface area contributed by atoms with E-state index in [1.165, 1.54) is 28.6 Å². The van der Waals surface area contributed by atoms with Crippen LogP contribution in [0.4, 0.5) is 0 Å². The summed E-state index contributed by atoms with van der Waals surface area (Å²) in [5, 5.41) is 0.676. The van der Waals surface area contributed by atoms with Crippen molar-refractivity contribution in [3.63, 3.8) is 0 Å². The van der Waals surface area contributed by atoms with Gasteiger partial charge < -0.3 is 4.74 Å². The number of rotatable bonds is 5. The molecule has 30 heavy (non-hydrogen) atoms. The lowest BCUT2D eigenvalue weighted by Gasteiger charge is -2.26. The number of carbonyl (C=O) groups is 2. The fourth-order valence-corrected chi connectivity index (χ4v) is 4.82. The topological polar surface area (TPSA) is 105 Å². The Labute approximate surface area is 184 Å². The molecule has 1 fully saturated rings. The summed E-state index contributed by atoms with van der Waals surface area (Å²) in [5.74, 6) is -1.19. The van der Waals surface area contributed by atoms with Gasteiger partial charge in [0.05, 0.1) is 24.5 Å². The van der Waals surface area contributed by atoms with Gasteiger partial charge in [0, 0.05) is 28.7 Å². The van der Waals surface area contributed by atoms with Gasteiger partial charge in [-0.3, -0.25) is 20.4 Å². The molecule has 0 bridgehead atoms. The first-order valence-electron chi connectivity index (χ1n) is 8.99. The lowest BCUT2D eigenvalue weighted by Crippen LogP contribution is -2.42. The average Bonchev–Trinajstić information content (AvgIpc) is 2.75. The second-order valence-corrected chi connectivity index (χ2v) is 9.18. The maximum Gasteiger partial charge on any atom is 0.269 e. The number of hydrogen-bond acceptors (Lipinski definition) is 5. The molecule has 0 aromatic heterocycles. The van der Waals surface area contributed by atoms with Gasteiger partial charge >= 0.3 is 0 Å². The van der Waals surface area contributed by atoms with Crippen molar-refractivity contribution in [3.8, 4) is 0 Å². The number of benzene rings is 2. The Morgan fingerprint density at radius 3 is 2.30 bits per heavy atom. The monoisotopic (exact) mass is 471 g/mol. The van der Waals surface area contributed by atoms with E-state index in [9.17, 15) is 18.0 Å². The zero-order valence-corrected chi connectivity index (χ0v) is 18.1. The summed E-state index contributed by atoms with van der Waals surface area (Å²) < 4.78 is 32.0. The molecule has 1 heterocycles. The van der Waals surface area contributed by atoms with E-state index < -0.39 is 21.8 Å². The summed E-state index contributed by atoms with van der Waals surface area (Å²) in [6, 6.07) is 10.5. The molecule has 1 aliphatic heterocycles. The maximum absolute atomic E-state index is 12.7. The predicted octanol–water partition coefficient (Wildman–Crippen LogP) is 2.02. The Morgan fingerprint density at radius 2 is 1.63 bits per heavy atom. The van der Waals surface area contributed by atoms with Crippen molar-refractivity contribution in [1.82, 2.24) is 15.2 Å². The number of morpholine rings is 1. The van der Waals surface area contributed by atoms with Crippen molar-refractivity contribution in [3.05, 3.63) is 63.6 Å². The zero-order chi connectivity index (χ0) is 21.7. The van der Waals surface area contributed by atoms with Crippen LogP contribution in [-0.2, 0) is 26.0 Å².